The number of nitrogens with two attached hydrogens (primary N) is 1. The number of carbonyl (C=O) groups excluding carboxylic acids is 2. The molecule has 0 atom stereocenters. The molecule has 0 saturated carbocycles. The average Bonchev–Trinajstić information content (AvgIpc) is 2.96. The topological polar surface area (TPSA) is 126 Å². The zero-order valence-corrected chi connectivity index (χ0v) is 16.3. The van der Waals surface area contributed by atoms with Gasteiger partial charge in [0.05, 0.1) is 11.9 Å². The number of ketones is 1. The quantitative estimate of drug-likeness (QED) is 0.580. The van der Waals surface area contributed by atoms with Crippen molar-refractivity contribution in [2.45, 2.75) is 40.3 Å². The molecule has 0 aliphatic carbocycles. The summed E-state index contributed by atoms with van der Waals surface area (Å²) in [4.78, 5) is 45.0. The van der Waals surface area contributed by atoms with Gasteiger partial charge in [-0.15, -0.1) is 0 Å². The van der Waals surface area contributed by atoms with Crippen LogP contribution in [0.15, 0.2) is 17.1 Å². The summed E-state index contributed by atoms with van der Waals surface area (Å²) in [5.74, 6) is -0.365. The minimum absolute atomic E-state index is 0.00377. The molecule has 0 aliphatic rings. The second-order valence-electron chi connectivity index (χ2n) is 7.18. The Kier molecular flexibility index (Phi) is 6.73. The predicted molar refractivity (Wildman–Crippen MR) is 104 cm³/mol. The standard InChI is InChI=1S/C18H28N6O3/c1-11(2)14(25)9-23(8-6-20-12(3)4)15(26)10-24-7-5-13-16(24)21-18(19)22-17(13)27/h5,7,11-12,20H,6,8-10H2,1-4H3,(H3,19,21,22,27). The fourth-order valence-corrected chi connectivity index (χ4v) is 2.62. The summed E-state index contributed by atoms with van der Waals surface area (Å²) < 4.78 is 1.58. The molecular weight excluding hydrogens is 348 g/mol. The van der Waals surface area contributed by atoms with Gasteiger partial charge in [0.25, 0.3) is 5.56 Å². The Bertz CT molecular complexity index is 868. The summed E-state index contributed by atoms with van der Waals surface area (Å²) in [5.41, 5.74) is 5.61. The lowest BCUT2D eigenvalue weighted by Gasteiger charge is -2.24. The maximum absolute atomic E-state index is 12.8. The number of hydrogen-bond donors (Lipinski definition) is 3. The second kappa shape index (κ2) is 8.81. The first-order valence-electron chi connectivity index (χ1n) is 9.07. The van der Waals surface area contributed by atoms with Crippen LogP contribution in [0.5, 0.6) is 0 Å². The largest absolute Gasteiger partial charge is 0.369 e. The third-order valence-electron chi connectivity index (χ3n) is 4.23. The lowest BCUT2D eigenvalue weighted by atomic mass is 10.1. The minimum Gasteiger partial charge on any atom is -0.369 e. The molecule has 0 bridgehead atoms. The van der Waals surface area contributed by atoms with Crippen LogP contribution in [0.25, 0.3) is 11.0 Å². The van der Waals surface area contributed by atoms with Gasteiger partial charge < -0.3 is 20.5 Å². The molecule has 2 rings (SSSR count). The zero-order chi connectivity index (χ0) is 20.1. The summed E-state index contributed by atoms with van der Waals surface area (Å²) in [6, 6.07) is 1.88. The van der Waals surface area contributed by atoms with Crippen LogP contribution in [0.1, 0.15) is 27.7 Å². The molecule has 2 aromatic heterocycles. The van der Waals surface area contributed by atoms with E-state index in [1.165, 1.54) is 0 Å². The van der Waals surface area contributed by atoms with Crippen molar-refractivity contribution in [1.29, 1.82) is 0 Å². The Labute approximate surface area is 157 Å². The summed E-state index contributed by atoms with van der Waals surface area (Å²) in [6.45, 7) is 8.72. The van der Waals surface area contributed by atoms with Gasteiger partial charge in [0.15, 0.2) is 5.78 Å². The van der Waals surface area contributed by atoms with Crippen molar-refractivity contribution in [3.8, 4) is 0 Å². The molecule has 9 heteroatoms. The lowest BCUT2D eigenvalue weighted by Crippen LogP contribution is -2.43. The number of nitrogens with one attached hydrogen (secondary N) is 2. The first kappa shape index (κ1) is 20.6. The highest BCUT2D eigenvalue weighted by molar-refractivity contribution is 5.88. The second-order valence-corrected chi connectivity index (χ2v) is 7.18. The van der Waals surface area contributed by atoms with Crippen LogP contribution in [0.3, 0.4) is 0 Å². The molecule has 148 valence electrons. The van der Waals surface area contributed by atoms with Gasteiger partial charge >= 0.3 is 0 Å². The molecular formula is C18H28N6O3. The van der Waals surface area contributed by atoms with Crippen LogP contribution in [0.4, 0.5) is 5.95 Å². The fourth-order valence-electron chi connectivity index (χ4n) is 2.62. The number of fused-ring (bicyclic) bond motifs is 1. The van der Waals surface area contributed by atoms with E-state index in [9.17, 15) is 14.4 Å². The van der Waals surface area contributed by atoms with Crippen LogP contribution in [-0.4, -0.2) is 56.8 Å². The molecule has 0 fully saturated rings. The van der Waals surface area contributed by atoms with Crippen molar-refractivity contribution in [1.82, 2.24) is 24.8 Å². The van der Waals surface area contributed by atoms with Gasteiger partial charge in [-0.1, -0.05) is 27.7 Å². The van der Waals surface area contributed by atoms with Crippen LogP contribution < -0.4 is 16.6 Å². The molecule has 0 unspecified atom stereocenters. The molecule has 1 amide bonds. The van der Waals surface area contributed by atoms with Crippen LogP contribution >= 0.6 is 0 Å². The number of hydrogen-bond acceptors (Lipinski definition) is 6. The third kappa shape index (κ3) is 5.40. The van der Waals surface area contributed by atoms with Gasteiger partial charge in [-0.25, -0.2) is 0 Å². The highest BCUT2D eigenvalue weighted by Crippen LogP contribution is 2.10. The molecule has 4 N–H and O–H groups in total. The van der Waals surface area contributed by atoms with Gasteiger partial charge in [0.2, 0.25) is 11.9 Å². The van der Waals surface area contributed by atoms with Gasteiger partial charge in [-0.05, 0) is 6.07 Å². The number of Topliss-reactive ketones (excluding diaryl/α,β-unsaturated/α-hetero) is 1. The SMILES string of the molecule is CC(C)NCCN(CC(=O)C(C)C)C(=O)Cn1ccc2c(=O)[nH]c(N)nc21. The lowest BCUT2D eigenvalue weighted by molar-refractivity contribution is -0.136. The van der Waals surface area contributed by atoms with E-state index in [-0.39, 0.29) is 48.2 Å². The van der Waals surface area contributed by atoms with E-state index in [4.69, 9.17) is 5.73 Å². The molecule has 0 radical (unpaired) electrons. The summed E-state index contributed by atoms with van der Waals surface area (Å²) in [5, 5.41) is 3.61. The van der Waals surface area contributed by atoms with Crippen LogP contribution in [0, 0.1) is 5.92 Å². The van der Waals surface area contributed by atoms with Crippen molar-refractivity contribution in [2.24, 2.45) is 5.92 Å². The fraction of sp³-hybridized carbons (Fsp3) is 0.556. The number of anilines is 1. The number of nitrogen functional groups attached to an aromatic ring is 1. The number of H-pyrrole nitrogens is 1. The maximum atomic E-state index is 12.8. The molecule has 0 saturated heterocycles. The molecule has 0 spiro atoms. The van der Waals surface area contributed by atoms with Gasteiger partial charge in [-0.3, -0.25) is 19.4 Å². The summed E-state index contributed by atoms with van der Waals surface area (Å²) in [7, 11) is 0. The van der Waals surface area contributed by atoms with E-state index in [0.717, 1.165) is 0 Å². The van der Waals surface area contributed by atoms with Crippen LogP contribution in [-0.2, 0) is 16.1 Å². The number of aromatic amines is 1. The number of nitrogens with zero attached hydrogens (tertiary/aromatic N) is 3. The number of carbonyl (C=O) groups is 2. The Balaban J connectivity index is 2.19. The highest BCUT2D eigenvalue weighted by Gasteiger charge is 2.20. The summed E-state index contributed by atoms with van der Waals surface area (Å²) >= 11 is 0. The Morgan fingerprint density at radius 3 is 2.67 bits per heavy atom. The average molecular weight is 376 g/mol. The maximum Gasteiger partial charge on any atom is 0.261 e. The van der Waals surface area contributed by atoms with Crippen molar-refractivity contribution >= 4 is 28.7 Å². The number of aromatic nitrogens is 3. The van der Waals surface area contributed by atoms with E-state index in [1.807, 2.05) is 27.7 Å². The molecule has 9 nitrogen and oxygen atoms in total. The molecule has 0 aromatic carbocycles. The normalized spacial score (nSPS) is 11.5. The smallest absolute Gasteiger partial charge is 0.261 e. The van der Waals surface area contributed by atoms with Gasteiger partial charge in [-0.2, -0.15) is 4.98 Å². The first-order valence-corrected chi connectivity index (χ1v) is 9.07. The van der Waals surface area contributed by atoms with E-state index in [2.05, 4.69) is 15.3 Å². The van der Waals surface area contributed by atoms with E-state index >= 15 is 0 Å². The highest BCUT2D eigenvalue weighted by atomic mass is 16.2. The Morgan fingerprint density at radius 2 is 2.04 bits per heavy atom. The van der Waals surface area contributed by atoms with E-state index < -0.39 is 0 Å². The van der Waals surface area contributed by atoms with Crippen molar-refractivity contribution in [3.05, 3.63) is 22.6 Å². The Morgan fingerprint density at radius 1 is 1.33 bits per heavy atom. The Hall–Kier alpha value is -2.68. The monoisotopic (exact) mass is 376 g/mol. The molecule has 27 heavy (non-hydrogen) atoms. The van der Waals surface area contributed by atoms with E-state index in [1.54, 1.807) is 21.7 Å². The van der Waals surface area contributed by atoms with E-state index in [0.29, 0.717) is 24.1 Å². The predicted octanol–water partition coefficient (Wildman–Crippen LogP) is 0.359. The zero-order valence-electron chi connectivity index (χ0n) is 16.3. The minimum atomic E-state index is -0.350. The number of rotatable bonds is 9. The van der Waals surface area contributed by atoms with Crippen molar-refractivity contribution in [3.63, 3.8) is 0 Å². The van der Waals surface area contributed by atoms with Gasteiger partial charge in [0, 0.05) is 31.2 Å². The molecule has 0 aliphatic heterocycles. The first-order chi connectivity index (χ1) is 12.7. The third-order valence-corrected chi connectivity index (χ3v) is 4.23. The van der Waals surface area contributed by atoms with Gasteiger partial charge in [0.1, 0.15) is 12.2 Å². The van der Waals surface area contributed by atoms with Crippen molar-refractivity contribution in [2.75, 3.05) is 25.4 Å². The molecule has 2 aromatic rings. The molecule has 2 heterocycles. The van der Waals surface area contributed by atoms with Crippen molar-refractivity contribution < 1.29 is 9.59 Å². The van der Waals surface area contributed by atoms with Crippen LogP contribution in [0.2, 0.25) is 0 Å². The summed E-state index contributed by atoms with van der Waals surface area (Å²) in [6.07, 6.45) is 1.62. The number of amides is 1.